The zero-order valence-corrected chi connectivity index (χ0v) is 11.8. The van der Waals surface area contributed by atoms with Crippen LogP contribution >= 0.6 is 0 Å². The van der Waals surface area contributed by atoms with Gasteiger partial charge in [0.1, 0.15) is 6.54 Å². The van der Waals surface area contributed by atoms with E-state index in [1.165, 1.54) is 16.9 Å². The number of halogens is 3. The third-order valence-corrected chi connectivity index (χ3v) is 3.59. The molecule has 0 radical (unpaired) electrons. The fraction of sp³-hybridized carbons (Fsp3) is 0.455. The van der Waals surface area contributed by atoms with Crippen LogP contribution in [-0.2, 0) is 10.2 Å². The van der Waals surface area contributed by atoms with E-state index < -0.39 is 22.9 Å². The van der Waals surface area contributed by atoms with Crippen LogP contribution < -0.4 is 14.8 Å². The van der Waals surface area contributed by atoms with Gasteiger partial charge < -0.3 is 5.32 Å². The molecular weight excluding hydrogens is 295 g/mol. The van der Waals surface area contributed by atoms with Gasteiger partial charge in [0.05, 0.1) is 0 Å². The molecule has 0 heterocycles. The maximum atomic E-state index is 11.9. The second-order valence-corrected chi connectivity index (χ2v) is 5.67. The topological polar surface area (TPSA) is 70.2 Å². The highest BCUT2D eigenvalue weighted by Gasteiger charge is 2.29. The lowest BCUT2D eigenvalue weighted by Crippen LogP contribution is -2.37. The minimum Gasteiger partial charge on any atom is -0.313 e. The Morgan fingerprint density at radius 2 is 1.75 bits per heavy atom. The van der Waals surface area contributed by atoms with Crippen molar-refractivity contribution in [2.45, 2.75) is 19.1 Å². The van der Waals surface area contributed by atoms with Gasteiger partial charge in [-0.1, -0.05) is 12.1 Å². The Hall–Kier alpha value is -1.32. The van der Waals surface area contributed by atoms with E-state index in [0.29, 0.717) is 0 Å². The van der Waals surface area contributed by atoms with Crippen molar-refractivity contribution in [2.24, 2.45) is 0 Å². The lowest BCUT2D eigenvalue weighted by atomic mass is 10.1. The lowest BCUT2D eigenvalue weighted by molar-refractivity contribution is -0.121. The van der Waals surface area contributed by atoms with Crippen LogP contribution in [0.5, 0.6) is 0 Å². The fourth-order valence-electron chi connectivity index (χ4n) is 1.37. The van der Waals surface area contributed by atoms with Crippen LogP contribution in [0.4, 0.5) is 18.9 Å². The van der Waals surface area contributed by atoms with Crippen molar-refractivity contribution >= 4 is 15.9 Å². The van der Waals surface area contributed by atoms with Gasteiger partial charge in [0.15, 0.2) is 0 Å². The average Bonchev–Trinajstić information content (AvgIpc) is 2.35. The number of hydrogen-bond acceptors (Lipinski definition) is 3. The van der Waals surface area contributed by atoms with E-state index in [4.69, 9.17) is 0 Å². The van der Waals surface area contributed by atoms with Gasteiger partial charge in [-0.2, -0.15) is 26.3 Å². The summed E-state index contributed by atoms with van der Waals surface area (Å²) >= 11 is 0. The van der Waals surface area contributed by atoms with Crippen LogP contribution in [0.15, 0.2) is 24.3 Å². The largest absolute Gasteiger partial charge is 0.402 e. The molecule has 0 aliphatic rings. The molecule has 0 saturated heterocycles. The molecule has 114 valence electrons. The van der Waals surface area contributed by atoms with Crippen molar-refractivity contribution in [3.05, 3.63) is 29.8 Å². The van der Waals surface area contributed by atoms with Crippen molar-refractivity contribution < 1.29 is 21.6 Å². The molecule has 0 saturated carbocycles. The Bertz CT molecular complexity index is 529. The van der Waals surface area contributed by atoms with Crippen molar-refractivity contribution in [2.75, 3.05) is 18.3 Å². The van der Waals surface area contributed by atoms with Gasteiger partial charge >= 0.3 is 6.18 Å². The summed E-state index contributed by atoms with van der Waals surface area (Å²) in [6.45, 7) is 0.307. The summed E-state index contributed by atoms with van der Waals surface area (Å²) in [6.07, 6.45) is -4.60. The highest BCUT2D eigenvalue weighted by molar-refractivity contribution is 7.90. The number of nitrogens with one attached hydrogen (secondary N) is 3. The normalized spacial score (nSPS) is 14.1. The molecule has 1 unspecified atom stereocenters. The van der Waals surface area contributed by atoms with E-state index >= 15 is 0 Å². The molecule has 0 fully saturated rings. The maximum absolute atomic E-state index is 11.9. The van der Waals surface area contributed by atoms with E-state index in [0.717, 1.165) is 5.56 Å². The van der Waals surface area contributed by atoms with E-state index in [1.54, 1.807) is 19.2 Å². The minimum atomic E-state index is -4.60. The Morgan fingerprint density at radius 3 is 2.20 bits per heavy atom. The SMILES string of the molecule is CNC(C)c1ccc(NS(=O)(=O)NCC(F)(F)F)cc1. The van der Waals surface area contributed by atoms with Crippen LogP contribution in [0.25, 0.3) is 0 Å². The zero-order chi connectivity index (χ0) is 15.4. The first-order valence-electron chi connectivity index (χ1n) is 5.74. The second-order valence-electron chi connectivity index (χ2n) is 4.17. The Balaban J connectivity index is 2.68. The molecule has 0 spiro atoms. The standard InChI is InChI=1S/C11H16F3N3O2S/c1-8(15-2)9-3-5-10(6-4-9)17-20(18,19)16-7-11(12,13)14/h3-6,8,15-17H,7H2,1-2H3. The number of hydrogen-bond donors (Lipinski definition) is 3. The van der Waals surface area contributed by atoms with Crippen molar-refractivity contribution in [1.82, 2.24) is 10.0 Å². The number of rotatable bonds is 6. The molecule has 0 aliphatic carbocycles. The molecule has 5 nitrogen and oxygen atoms in total. The molecule has 20 heavy (non-hydrogen) atoms. The van der Waals surface area contributed by atoms with Crippen LogP contribution in [0.2, 0.25) is 0 Å². The number of benzene rings is 1. The first-order valence-corrected chi connectivity index (χ1v) is 7.22. The summed E-state index contributed by atoms with van der Waals surface area (Å²) in [6, 6.07) is 6.42. The molecule has 0 bridgehead atoms. The van der Waals surface area contributed by atoms with Gasteiger partial charge in [-0.3, -0.25) is 4.72 Å². The molecule has 1 aromatic carbocycles. The van der Waals surface area contributed by atoms with E-state index in [-0.39, 0.29) is 11.7 Å². The predicted molar refractivity (Wildman–Crippen MR) is 70.5 cm³/mol. The molecule has 1 rings (SSSR count). The summed E-state index contributed by atoms with van der Waals surface area (Å²) in [5, 5.41) is 3.01. The molecule has 0 amide bonds. The molecule has 0 aromatic heterocycles. The summed E-state index contributed by atoms with van der Waals surface area (Å²) in [5.74, 6) is 0. The van der Waals surface area contributed by atoms with E-state index in [9.17, 15) is 21.6 Å². The highest BCUT2D eigenvalue weighted by atomic mass is 32.2. The quantitative estimate of drug-likeness (QED) is 0.750. The van der Waals surface area contributed by atoms with Crippen LogP contribution in [0.1, 0.15) is 18.5 Å². The molecule has 1 aromatic rings. The van der Waals surface area contributed by atoms with Crippen LogP contribution in [0.3, 0.4) is 0 Å². The van der Waals surface area contributed by atoms with Gasteiger partial charge in [-0.15, -0.1) is 0 Å². The van der Waals surface area contributed by atoms with Gasteiger partial charge in [0, 0.05) is 11.7 Å². The maximum Gasteiger partial charge on any atom is 0.402 e. The molecule has 3 N–H and O–H groups in total. The van der Waals surface area contributed by atoms with Gasteiger partial charge in [0.25, 0.3) is 10.2 Å². The van der Waals surface area contributed by atoms with E-state index in [1.807, 2.05) is 11.6 Å². The zero-order valence-electron chi connectivity index (χ0n) is 11.0. The van der Waals surface area contributed by atoms with Crippen LogP contribution in [0, 0.1) is 0 Å². The summed E-state index contributed by atoms with van der Waals surface area (Å²) in [4.78, 5) is 0. The highest BCUT2D eigenvalue weighted by Crippen LogP contribution is 2.17. The number of anilines is 1. The molecular formula is C11H16F3N3O2S. The van der Waals surface area contributed by atoms with Crippen LogP contribution in [-0.4, -0.2) is 28.2 Å². The van der Waals surface area contributed by atoms with Crippen molar-refractivity contribution in [1.29, 1.82) is 0 Å². The Morgan fingerprint density at radius 1 is 1.20 bits per heavy atom. The van der Waals surface area contributed by atoms with Gasteiger partial charge in [-0.05, 0) is 31.7 Å². The van der Waals surface area contributed by atoms with E-state index in [2.05, 4.69) is 5.32 Å². The van der Waals surface area contributed by atoms with Crippen molar-refractivity contribution in [3.63, 3.8) is 0 Å². The third kappa shape index (κ3) is 5.76. The van der Waals surface area contributed by atoms with Gasteiger partial charge in [-0.25, -0.2) is 0 Å². The summed E-state index contributed by atoms with van der Waals surface area (Å²) in [7, 11) is -2.46. The minimum absolute atomic E-state index is 0.0870. The smallest absolute Gasteiger partial charge is 0.313 e. The summed E-state index contributed by atoms with van der Waals surface area (Å²) < 4.78 is 62.0. The van der Waals surface area contributed by atoms with Crippen molar-refractivity contribution in [3.8, 4) is 0 Å². The monoisotopic (exact) mass is 311 g/mol. The third-order valence-electron chi connectivity index (χ3n) is 2.56. The predicted octanol–water partition coefficient (Wildman–Crippen LogP) is 1.78. The lowest BCUT2D eigenvalue weighted by Gasteiger charge is -2.13. The molecule has 0 aliphatic heterocycles. The Labute approximate surface area is 115 Å². The first kappa shape index (κ1) is 16.7. The molecule has 1 atom stereocenters. The fourth-order valence-corrected chi connectivity index (χ4v) is 2.25. The molecule has 9 heteroatoms. The summed E-state index contributed by atoms with van der Waals surface area (Å²) in [5.41, 5.74) is 1.12. The second kappa shape index (κ2) is 6.42. The average molecular weight is 311 g/mol. The Kier molecular flexibility index (Phi) is 5.37. The number of alkyl halides is 3. The van der Waals surface area contributed by atoms with Gasteiger partial charge in [0.2, 0.25) is 0 Å². The first-order chi connectivity index (χ1) is 9.13.